The molecular weight excluding hydrogens is 308 g/mol. The zero-order valence-electron chi connectivity index (χ0n) is 14.7. The minimum absolute atomic E-state index is 0.618. The van der Waals surface area contributed by atoms with Crippen LogP contribution in [-0.4, -0.2) is 18.0 Å². The first-order valence-corrected chi connectivity index (χ1v) is 9.23. The lowest BCUT2D eigenvalue weighted by atomic mass is 9.90. The Bertz CT molecular complexity index is 989. The van der Waals surface area contributed by atoms with Gasteiger partial charge in [0, 0.05) is 6.61 Å². The monoisotopic (exact) mass is 332 g/mol. The van der Waals surface area contributed by atoms with E-state index in [1.807, 2.05) is 6.92 Å². The molecule has 0 radical (unpaired) electrons. The van der Waals surface area contributed by atoms with Gasteiger partial charge < -0.3 is 9.84 Å². The Morgan fingerprint density at radius 3 is 2.40 bits per heavy atom. The molecule has 4 aromatic rings. The molecule has 0 amide bonds. The molecule has 2 heteroatoms. The normalized spacial score (nSPS) is 13.2. The Kier molecular flexibility index (Phi) is 4.56. The van der Waals surface area contributed by atoms with Crippen LogP contribution in [0.15, 0.2) is 54.6 Å². The fraction of sp³-hybridized carbons (Fsp3) is 0.304. The van der Waals surface area contributed by atoms with E-state index in [-0.39, 0.29) is 0 Å². The van der Waals surface area contributed by atoms with Gasteiger partial charge in [0.15, 0.2) is 6.29 Å². The van der Waals surface area contributed by atoms with Gasteiger partial charge in [-0.05, 0) is 63.6 Å². The molecule has 0 spiro atoms. The van der Waals surface area contributed by atoms with Crippen LogP contribution in [0.2, 0.25) is 0 Å². The Balaban J connectivity index is 1.65. The molecule has 4 rings (SSSR count). The van der Waals surface area contributed by atoms with Crippen LogP contribution >= 0.6 is 0 Å². The van der Waals surface area contributed by atoms with Crippen molar-refractivity contribution in [1.82, 2.24) is 0 Å². The van der Waals surface area contributed by atoms with Gasteiger partial charge in [0.05, 0.1) is 0 Å². The zero-order chi connectivity index (χ0) is 17.2. The quantitative estimate of drug-likeness (QED) is 0.269. The summed E-state index contributed by atoms with van der Waals surface area (Å²) in [5.74, 6) is 0. The third-order valence-electron chi connectivity index (χ3n) is 5.09. The van der Waals surface area contributed by atoms with Crippen LogP contribution in [-0.2, 0) is 11.2 Å². The summed E-state index contributed by atoms with van der Waals surface area (Å²) in [4.78, 5) is 0. The van der Waals surface area contributed by atoms with Crippen molar-refractivity contribution in [3.05, 3.63) is 60.2 Å². The van der Waals surface area contributed by atoms with Gasteiger partial charge in [-0.1, -0.05) is 61.5 Å². The van der Waals surface area contributed by atoms with Crippen molar-refractivity contribution >= 4 is 32.3 Å². The SMILES string of the molecule is CCC(O)OCCCCc1cc2cccc3ccc4cccc1c4c32. The molecule has 128 valence electrons. The van der Waals surface area contributed by atoms with Crippen LogP contribution in [0.4, 0.5) is 0 Å². The maximum Gasteiger partial charge on any atom is 0.154 e. The van der Waals surface area contributed by atoms with Gasteiger partial charge in [-0.3, -0.25) is 0 Å². The number of rotatable bonds is 7. The molecule has 0 aliphatic rings. The predicted molar refractivity (Wildman–Crippen MR) is 105 cm³/mol. The Hall–Kier alpha value is -2.16. The number of hydrogen-bond acceptors (Lipinski definition) is 2. The van der Waals surface area contributed by atoms with E-state index in [4.69, 9.17) is 4.74 Å². The minimum Gasteiger partial charge on any atom is -0.368 e. The van der Waals surface area contributed by atoms with Crippen molar-refractivity contribution in [3.63, 3.8) is 0 Å². The highest BCUT2D eigenvalue weighted by Crippen LogP contribution is 2.36. The summed E-state index contributed by atoms with van der Waals surface area (Å²) in [6.45, 7) is 2.55. The first-order chi connectivity index (χ1) is 12.3. The summed E-state index contributed by atoms with van der Waals surface area (Å²) in [5.41, 5.74) is 1.41. The van der Waals surface area contributed by atoms with Crippen molar-refractivity contribution in [2.45, 2.75) is 38.9 Å². The summed E-state index contributed by atoms with van der Waals surface area (Å²) >= 11 is 0. The fourth-order valence-corrected chi connectivity index (χ4v) is 3.80. The molecule has 0 aliphatic carbocycles. The van der Waals surface area contributed by atoms with E-state index in [2.05, 4.69) is 54.6 Å². The van der Waals surface area contributed by atoms with Gasteiger partial charge in [-0.15, -0.1) is 0 Å². The first kappa shape index (κ1) is 16.3. The number of aryl methyl sites for hydroxylation is 1. The molecule has 1 unspecified atom stereocenters. The van der Waals surface area contributed by atoms with Crippen molar-refractivity contribution in [1.29, 1.82) is 0 Å². The minimum atomic E-state index is -0.618. The van der Waals surface area contributed by atoms with Crippen LogP contribution in [0.3, 0.4) is 0 Å². The smallest absolute Gasteiger partial charge is 0.154 e. The molecule has 25 heavy (non-hydrogen) atoms. The molecule has 0 aromatic heterocycles. The van der Waals surface area contributed by atoms with Crippen molar-refractivity contribution in [2.24, 2.45) is 0 Å². The van der Waals surface area contributed by atoms with Crippen LogP contribution < -0.4 is 0 Å². The number of unbranched alkanes of at least 4 members (excludes halogenated alkanes) is 1. The molecule has 2 nitrogen and oxygen atoms in total. The molecule has 0 saturated heterocycles. The van der Waals surface area contributed by atoms with Crippen LogP contribution in [0, 0.1) is 0 Å². The standard InChI is InChI=1S/C23H24O2/c1-2-21(24)25-14-4-3-7-18-15-19-10-5-8-16-12-13-17-9-6-11-20(18)23(17)22(16)19/h5-6,8-13,15,21,24H,2-4,7,14H2,1H3. The van der Waals surface area contributed by atoms with Gasteiger partial charge in [-0.2, -0.15) is 0 Å². The highest BCUT2D eigenvalue weighted by Gasteiger charge is 2.11. The Morgan fingerprint density at radius 1 is 0.880 bits per heavy atom. The molecule has 0 fully saturated rings. The number of hydrogen-bond donors (Lipinski definition) is 1. The molecule has 0 aliphatic heterocycles. The lowest BCUT2D eigenvalue weighted by Crippen LogP contribution is -2.11. The molecule has 0 bridgehead atoms. The number of aliphatic hydroxyl groups is 1. The van der Waals surface area contributed by atoms with E-state index < -0.39 is 6.29 Å². The Labute approximate surface area is 148 Å². The molecule has 4 aromatic carbocycles. The van der Waals surface area contributed by atoms with E-state index >= 15 is 0 Å². The maximum atomic E-state index is 9.47. The number of ether oxygens (including phenoxy) is 1. The van der Waals surface area contributed by atoms with E-state index in [0.29, 0.717) is 13.0 Å². The third-order valence-corrected chi connectivity index (χ3v) is 5.09. The highest BCUT2D eigenvalue weighted by atomic mass is 16.6. The summed E-state index contributed by atoms with van der Waals surface area (Å²) in [7, 11) is 0. The van der Waals surface area contributed by atoms with E-state index in [1.165, 1.54) is 37.9 Å². The average molecular weight is 332 g/mol. The number of aliphatic hydroxyl groups excluding tert-OH is 1. The largest absolute Gasteiger partial charge is 0.368 e. The van der Waals surface area contributed by atoms with E-state index in [1.54, 1.807) is 0 Å². The second-order valence-corrected chi connectivity index (χ2v) is 6.77. The Morgan fingerprint density at radius 2 is 1.60 bits per heavy atom. The predicted octanol–water partition coefficient (Wildman–Crippen LogP) is 5.65. The molecular formula is C23H24O2. The van der Waals surface area contributed by atoms with Crippen molar-refractivity contribution < 1.29 is 9.84 Å². The lowest BCUT2D eigenvalue weighted by Gasteiger charge is -2.15. The molecule has 0 heterocycles. The van der Waals surface area contributed by atoms with Gasteiger partial charge in [-0.25, -0.2) is 0 Å². The summed E-state index contributed by atoms with van der Waals surface area (Å²) < 4.78 is 5.38. The van der Waals surface area contributed by atoms with Crippen molar-refractivity contribution in [2.75, 3.05) is 6.61 Å². The van der Waals surface area contributed by atoms with Gasteiger partial charge in [0.1, 0.15) is 0 Å². The lowest BCUT2D eigenvalue weighted by molar-refractivity contribution is -0.101. The van der Waals surface area contributed by atoms with Crippen molar-refractivity contribution in [3.8, 4) is 0 Å². The maximum absolute atomic E-state index is 9.47. The second kappa shape index (κ2) is 6.99. The average Bonchev–Trinajstić information content (AvgIpc) is 2.66. The van der Waals surface area contributed by atoms with Crippen LogP contribution in [0.1, 0.15) is 31.7 Å². The molecule has 1 N–H and O–H groups in total. The van der Waals surface area contributed by atoms with E-state index in [9.17, 15) is 5.11 Å². The third kappa shape index (κ3) is 3.08. The van der Waals surface area contributed by atoms with Crippen LogP contribution in [0.5, 0.6) is 0 Å². The van der Waals surface area contributed by atoms with Gasteiger partial charge in [0.25, 0.3) is 0 Å². The van der Waals surface area contributed by atoms with Gasteiger partial charge >= 0.3 is 0 Å². The summed E-state index contributed by atoms with van der Waals surface area (Å²) in [6.07, 6.45) is 3.10. The fourth-order valence-electron chi connectivity index (χ4n) is 3.80. The zero-order valence-corrected chi connectivity index (χ0v) is 14.7. The molecule has 1 atom stereocenters. The van der Waals surface area contributed by atoms with Gasteiger partial charge in [0.2, 0.25) is 0 Å². The van der Waals surface area contributed by atoms with E-state index in [0.717, 1.165) is 19.3 Å². The summed E-state index contributed by atoms with van der Waals surface area (Å²) in [6, 6.07) is 20.0. The highest BCUT2D eigenvalue weighted by molar-refractivity contribution is 6.23. The molecule has 0 saturated carbocycles. The topological polar surface area (TPSA) is 29.5 Å². The second-order valence-electron chi connectivity index (χ2n) is 6.77. The summed E-state index contributed by atoms with van der Waals surface area (Å²) in [5, 5.41) is 17.6. The van der Waals surface area contributed by atoms with Crippen LogP contribution in [0.25, 0.3) is 32.3 Å². The number of benzene rings is 4. The first-order valence-electron chi connectivity index (χ1n) is 9.23.